The third-order valence-corrected chi connectivity index (χ3v) is 6.81. The zero-order valence-corrected chi connectivity index (χ0v) is 20.9. The second-order valence-corrected chi connectivity index (χ2v) is 9.73. The lowest BCUT2D eigenvalue weighted by atomic mass is 9.96. The van der Waals surface area contributed by atoms with E-state index in [0.29, 0.717) is 6.42 Å². The zero-order valence-electron chi connectivity index (χ0n) is 20.9. The fourth-order valence-electron chi connectivity index (χ4n) is 4.51. The Hall–Kier alpha value is -3.35. The molecule has 0 heterocycles. The van der Waals surface area contributed by atoms with Gasteiger partial charge in [-0.3, -0.25) is 9.59 Å². The number of fused-ring (bicyclic) bond motifs is 3. The van der Waals surface area contributed by atoms with Crippen LogP contribution in [0.5, 0.6) is 0 Å². The lowest BCUT2D eigenvalue weighted by Gasteiger charge is -2.26. The first-order chi connectivity index (χ1) is 16.7. The van der Waals surface area contributed by atoms with Gasteiger partial charge in [-0.2, -0.15) is 0 Å². The van der Waals surface area contributed by atoms with Crippen molar-refractivity contribution in [1.29, 1.82) is 0 Å². The number of carbonyl (C=O) groups is 3. The van der Waals surface area contributed by atoms with E-state index in [0.717, 1.165) is 28.7 Å². The maximum atomic E-state index is 13.0. The van der Waals surface area contributed by atoms with E-state index < -0.39 is 30.1 Å². The van der Waals surface area contributed by atoms with Gasteiger partial charge in [0, 0.05) is 12.0 Å². The fourth-order valence-corrected chi connectivity index (χ4v) is 4.51. The van der Waals surface area contributed by atoms with Crippen molar-refractivity contribution >= 4 is 18.0 Å². The van der Waals surface area contributed by atoms with Gasteiger partial charge >= 0.3 is 12.1 Å². The molecule has 2 amide bonds. The molecule has 0 aromatic heterocycles. The first kappa shape index (κ1) is 26.3. The largest absolute Gasteiger partial charge is 0.481 e. The summed E-state index contributed by atoms with van der Waals surface area (Å²) < 4.78 is 5.63. The van der Waals surface area contributed by atoms with Gasteiger partial charge in [0.15, 0.2) is 0 Å². The van der Waals surface area contributed by atoms with Gasteiger partial charge in [-0.1, -0.05) is 82.6 Å². The molecule has 0 bridgehead atoms. The molecule has 2 aromatic carbocycles. The number of aliphatic carboxylic acids is 1. The minimum absolute atomic E-state index is 0.0613. The number of hydrogen-bond acceptors (Lipinski definition) is 4. The minimum atomic E-state index is -0.980. The highest BCUT2D eigenvalue weighted by atomic mass is 16.5. The molecule has 2 aromatic rings. The lowest BCUT2D eigenvalue weighted by Crippen LogP contribution is -2.52. The van der Waals surface area contributed by atoms with Crippen LogP contribution in [0.4, 0.5) is 4.79 Å². The Bertz CT molecular complexity index is 1010. The summed E-state index contributed by atoms with van der Waals surface area (Å²) in [6, 6.07) is 14.9. The molecule has 0 saturated heterocycles. The molecule has 7 nitrogen and oxygen atoms in total. The number of amides is 2. The number of ether oxygens (including phenoxy) is 1. The second-order valence-electron chi connectivity index (χ2n) is 9.73. The van der Waals surface area contributed by atoms with Crippen molar-refractivity contribution in [3.63, 3.8) is 0 Å². The Labute approximate surface area is 207 Å². The maximum Gasteiger partial charge on any atom is 0.407 e. The van der Waals surface area contributed by atoms with E-state index in [1.54, 1.807) is 0 Å². The van der Waals surface area contributed by atoms with Crippen molar-refractivity contribution in [3.8, 4) is 11.1 Å². The number of rotatable bonds is 11. The molecule has 3 N–H and O–H groups in total. The van der Waals surface area contributed by atoms with Crippen LogP contribution >= 0.6 is 0 Å². The molecule has 0 radical (unpaired) electrons. The number of nitrogens with one attached hydrogen (secondary N) is 2. The number of carbonyl (C=O) groups excluding carboxylic acids is 2. The van der Waals surface area contributed by atoms with Crippen molar-refractivity contribution in [3.05, 3.63) is 59.7 Å². The van der Waals surface area contributed by atoms with E-state index in [1.165, 1.54) is 0 Å². The molecule has 0 saturated carbocycles. The van der Waals surface area contributed by atoms with Crippen LogP contribution in [0.1, 0.15) is 64.0 Å². The van der Waals surface area contributed by atoms with Crippen LogP contribution in [0, 0.1) is 11.8 Å². The van der Waals surface area contributed by atoms with Gasteiger partial charge in [0.2, 0.25) is 5.91 Å². The van der Waals surface area contributed by atoms with Gasteiger partial charge in [-0.15, -0.1) is 0 Å². The standard InChI is InChI=1S/C28H36N2O5/c1-5-18(4)14-25(27(33)29-24(17(2)3)15-26(31)32)30-28(34)35-16-23-21-12-8-6-10-19(21)20-11-7-9-13-22(20)23/h6-13,17-18,23-25H,5,14-16H2,1-4H3,(H,29,33)(H,30,34)(H,31,32). The number of benzene rings is 2. The maximum absolute atomic E-state index is 13.0. The fraction of sp³-hybridized carbons (Fsp3) is 0.464. The highest BCUT2D eigenvalue weighted by Gasteiger charge is 2.31. The summed E-state index contributed by atoms with van der Waals surface area (Å²) in [5.41, 5.74) is 4.52. The quantitative estimate of drug-likeness (QED) is 0.422. The average Bonchev–Trinajstić information content (AvgIpc) is 3.15. The molecule has 1 aliphatic carbocycles. The molecule has 7 heteroatoms. The molecule has 0 aliphatic heterocycles. The summed E-state index contributed by atoms with van der Waals surface area (Å²) in [5.74, 6) is -1.31. The van der Waals surface area contributed by atoms with Crippen molar-refractivity contribution < 1.29 is 24.2 Å². The van der Waals surface area contributed by atoms with E-state index in [-0.39, 0.29) is 30.8 Å². The van der Waals surface area contributed by atoms with Crippen LogP contribution in [0.3, 0.4) is 0 Å². The van der Waals surface area contributed by atoms with Crippen LogP contribution in [-0.2, 0) is 14.3 Å². The van der Waals surface area contributed by atoms with Crippen molar-refractivity contribution in [1.82, 2.24) is 10.6 Å². The summed E-state index contributed by atoms with van der Waals surface area (Å²) in [7, 11) is 0. The summed E-state index contributed by atoms with van der Waals surface area (Å²) >= 11 is 0. The highest BCUT2D eigenvalue weighted by Crippen LogP contribution is 2.44. The number of carboxylic acids is 1. The Balaban J connectivity index is 1.68. The minimum Gasteiger partial charge on any atom is -0.481 e. The smallest absolute Gasteiger partial charge is 0.407 e. The van der Waals surface area contributed by atoms with Crippen LogP contribution in [0.15, 0.2) is 48.5 Å². The summed E-state index contributed by atoms with van der Waals surface area (Å²) in [6.45, 7) is 7.91. The molecule has 3 atom stereocenters. The van der Waals surface area contributed by atoms with Crippen LogP contribution in [0.25, 0.3) is 11.1 Å². The Morgan fingerprint density at radius 1 is 0.943 bits per heavy atom. The predicted octanol–water partition coefficient (Wildman–Crippen LogP) is 4.95. The topological polar surface area (TPSA) is 105 Å². The van der Waals surface area contributed by atoms with E-state index in [2.05, 4.69) is 34.9 Å². The molecular formula is C28H36N2O5. The van der Waals surface area contributed by atoms with E-state index in [9.17, 15) is 19.5 Å². The number of hydrogen-bond donors (Lipinski definition) is 3. The Morgan fingerprint density at radius 3 is 2.03 bits per heavy atom. The Kier molecular flexibility index (Phi) is 8.90. The zero-order chi connectivity index (χ0) is 25.5. The van der Waals surface area contributed by atoms with Crippen LogP contribution < -0.4 is 10.6 Å². The van der Waals surface area contributed by atoms with E-state index >= 15 is 0 Å². The van der Waals surface area contributed by atoms with Crippen molar-refractivity contribution in [2.75, 3.05) is 6.61 Å². The molecule has 0 spiro atoms. The molecule has 1 aliphatic rings. The second kappa shape index (κ2) is 11.9. The van der Waals surface area contributed by atoms with Crippen molar-refractivity contribution in [2.24, 2.45) is 11.8 Å². The first-order valence-corrected chi connectivity index (χ1v) is 12.3. The average molecular weight is 481 g/mol. The third-order valence-electron chi connectivity index (χ3n) is 6.81. The van der Waals surface area contributed by atoms with Gasteiger partial charge in [0.25, 0.3) is 0 Å². The molecule has 3 unspecified atom stereocenters. The normalized spacial score (nSPS) is 15.0. The molecule has 35 heavy (non-hydrogen) atoms. The van der Waals surface area contributed by atoms with E-state index in [4.69, 9.17) is 4.74 Å². The highest BCUT2D eigenvalue weighted by molar-refractivity contribution is 5.86. The van der Waals surface area contributed by atoms with Gasteiger partial charge in [-0.25, -0.2) is 4.79 Å². The summed E-state index contributed by atoms with van der Waals surface area (Å²) in [4.78, 5) is 37.1. The Morgan fingerprint density at radius 2 is 1.51 bits per heavy atom. The molecule has 3 rings (SSSR count). The van der Waals surface area contributed by atoms with E-state index in [1.807, 2.05) is 52.0 Å². The molecule has 188 valence electrons. The van der Waals surface area contributed by atoms with Crippen LogP contribution in [0.2, 0.25) is 0 Å². The summed E-state index contributed by atoms with van der Waals surface area (Å²) in [5, 5.41) is 14.7. The first-order valence-electron chi connectivity index (χ1n) is 12.3. The predicted molar refractivity (Wildman–Crippen MR) is 135 cm³/mol. The number of carboxylic acid groups (broad SMARTS) is 1. The third kappa shape index (κ3) is 6.62. The molecular weight excluding hydrogens is 444 g/mol. The SMILES string of the molecule is CCC(C)CC(NC(=O)OCC1c2ccccc2-c2ccccc21)C(=O)NC(CC(=O)O)C(C)C. The van der Waals surface area contributed by atoms with Gasteiger partial charge in [0.05, 0.1) is 6.42 Å². The van der Waals surface area contributed by atoms with Crippen molar-refractivity contribution in [2.45, 2.75) is 65.0 Å². The van der Waals surface area contributed by atoms with Gasteiger partial charge < -0.3 is 20.5 Å². The van der Waals surface area contributed by atoms with Gasteiger partial charge in [-0.05, 0) is 40.5 Å². The lowest BCUT2D eigenvalue weighted by molar-refractivity contribution is -0.138. The number of alkyl carbamates (subject to hydrolysis) is 1. The molecule has 0 fully saturated rings. The van der Waals surface area contributed by atoms with Gasteiger partial charge in [0.1, 0.15) is 12.6 Å². The summed E-state index contributed by atoms with van der Waals surface area (Å²) in [6.07, 6.45) is 0.447. The monoisotopic (exact) mass is 480 g/mol. The van der Waals surface area contributed by atoms with Crippen LogP contribution in [-0.4, -0.2) is 41.8 Å².